The van der Waals surface area contributed by atoms with Crippen LogP contribution in [-0.2, 0) is 17.6 Å². The molecule has 0 fully saturated rings. The average molecular weight is 965 g/mol. The zero-order valence-electron chi connectivity index (χ0n) is 36.6. The first-order valence-electron chi connectivity index (χ1n) is 20.1. The minimum Gasteiger partial charge on any atom is -0.495 e. The van der Waals surface area contributed by atoms with Crippen LogP contribution >= 0.6 is 46.4 Å². The van der Waals surface area contributed by atoms with Gasteiger partial charge in [-0.15, -0.1) is 0 Å². The first kappa shape index (κ1) is 47.2. The van der Waals surface area contributed by atoms with Gasteiger partial charge < -0.3 is 30.0 Å². The highest BCUT2D eigenvalue weighted by atomic mass is 35.5. The first-order valence-corrected chi connectivity index (χ1v) is 21.6. The van der Waals surface area contributed by atoms with E-state index < -0.39 is 0 Å². The van der Waals surface area contributed by atoms with Crippen molar-refractivity contribution in [3.05, 3.63) is 152 Å². The number of nitrogens with one attached hydrogen (secondary N) is 1. The minimum absolute atomic E-state index is 0.281. The van der Waals surface area contributed by atoms with Gasteiger partial charge in [-0.05, 0) is 66.4 Å². The van der Waals surface area contributed by atoms with Crippen molar-refractivity contribution in [1.29, 1.82) is 0 Å². The number of carbonyl (C=O) groups is 1. The molecule has 336 valence electrons. The van der Waals surface area contributed by atoms with Gasteiger partial charge in [-0.3, -0.25) is 4.79 Å². The van der Waals surface area contributed by atoms with Crippen molar-refractivity contribution < 1.29 is 23.7 Å². The second kappa shape index (κ2) is 20.6. The molecule has 0 spiro atoms. The molecule has 1 amide bonds. The van der Waals surface area contributed by atoms with Crippen LogP contribution in [0.1, 0.15) is 33.9 Å². The number of fused-ring (bicyclic) bond motifs is 2. The lowest BCUT2D eigenvalue weighted by Gasteiger charge is -2.15. The fourth-order valence-corrected chi connectivity index (χ4v) is 8.60. The van der Waals surface area contributed by atoms with E-state index >= 15 is 0 Å². The monoisotopic (exact) mass is 962 g/mol. The lowest BCUT2D eigenvalue weighted by Crippen LogP contribution is -2.11. The summed E-state index contributed by atoms with van der Waals surface area (Å²) in [5.74, 6) is 2.73. The summed E-state index contributed by atoms with van der Waals surface area (Å²) < 4.78 is 21.5. The van der Waals surface area contributed by atoms with Gasteiger partial charge in [0.2, 0.25) is 5.91 Å². The molecule has 17 heteroatoms. The Balaban J connectivity index is 0.000000198. The number of aromatic nitrogens is 6. The molecule has 0 radical (unpaired) electrons. The Labute approximate surface area is 400 Å². The molecule has 3 N–H and O–H groups in total. The van der Waals surface area contributed by atoms with Crippen LogP contribution in [-0.4, -0.2) is 64.3 Å². The maximum Gasteiger partial charge on any atom is 0.247 e. The molecule has 66 heavy (non-hydrogen) atoms. The number of halogens is 4. The summed E-state index contributed by atoms with van der Waals surface area (Å²) in [6.07, 6.45) is 8.94. The Hall–Kier alpha value is -6.77. The number of rotatable bonds is 12. The summed E-state index contributed by atoms with van der Waals surface area (Å²) in [6, 6.07) is 18.6. The molecule has 4 aromatic carbocycles. The number of nitrogens with zero attached hydrogens (tertiary/aromatic N) is 6. The second-order valence-corrected chi connectivity index (χ2v) is 16.2. The van der Waals surface area contributed by atoms with Crippen LogP contribution in [0.5, 0.6) is 23.0 Å². The standard InChI is InChI=1S/C26H22Cl2N4O3.C23H20Cl2N4O2/c1-5-22(33)31-18-8-6-7-14(2)17(18)10-21-29-13-16-9-15(12-30-26(16)32-21)23-24(27)19(34-3)11-20(35-4)25(23)28;1-12-5-4-6-16(26)15(12)8-19-27-11-14-7-13(10-28-23(14)29-19)20-21(24)17(30-2)9-18(31-3)22(20)25/h5-9,11-13H,1,10H2,2-4H3,(H,31,33);4-7,9-11H,8,26H2,1-3H3. The molecule has 0 aliphatic carbocycles. The lowest BCUT2D eigenvalue weighted by atomic mass is 10.0. The van der Waals surface area contributed by atoms with E-state index in [0.717, 1.165) is 33.3 Å². The van der Waals surface area contributed by atoms with Gasteiger partial charge in [0.1, 0.15) is 34.6 Å². The zero-order valence-corrected chi connectivity index (χ0v) is 39.6. The van der Waals surface area contributed by atoms with E-state index in [4.69, 9.17) is 71.1 Å². The van der Waals surface area contributed by atoms with Gasteiger partial charge in [0.25, 0.3) is 0 Å². The molecule has 0 aliphatic heterocycles. The molecule has 4 heterocycles. The van der Waals surface area contributed by atoms with E-state index in [9.17, 15) is 4.79 Å². The minimum atomic E-state index is -0.281. The van der Waals surface area contributed by atoms with E-state index in [2.05, 4.69) is 41.8 Å². The van der Waals surface area contributed by atoms with Crippen LogP contribution in [0.3, 0.4) is 0 Å². The highest BCUT2D eigenvalue weighted by Gasteiger charge is 2.22. The third kappa shape index (κ3) is 9.89. The van der Waals surface area contributed by atoms with Crippen LogP contribution in [0.2, 0.25) is 20.1 Å². The SMILES string of the molecule is C=CC(=O)Nc1cccc(C)c1Cc1ncc2cc(-c3c(Cl)c(OC)cc(OC)c3Cl)cnc2n1.COc1cc(OC)c(Cl)c(-c2cnc3nc(Cc4c(C)cccc4N)ncc3c2)c1Cl. The quantitative estimate of drug-likeness (QED) is 0.0879. The van der Waals surface area contributed by atoms with E-state index in [1.54, 1.807) is 36.9 Å². The number of benzene rings is 4. The van der Waals surface area contributed by atoms with E-state index in [0.29, 0.717) is 112 Å². The van der Waals surface area contributed by atoms with Gasteiger partial charge >= 0.3 is 0 Å². The van der Waals surface area contributed by atoms with Gasteiger partial charge in [-0.1, -0.05) is 77.2 Å². The Bertz CT molecular complexity index is 3090. The predicted molar refractivity (Wildman–Crippen MR) is 263 cm³/mol. The summed E-state index contributed by atoms with van der Waals surface area (Å²) in [4.78, 5) is 39.2. The largest absolute Gasteiger partial charge is 0.495 e. The number of pyridine rings is 2. The maximum atomic E-state index is 11.8. The molecule has 0 atom stereocenters. The van der Waals surface area contributed by atoms with Crippen LogP contribution in [0.4, 0.5) is 11.4 Å². The number of hydrogen-bond acceptors (Lipinski definition) is 12. The third-order valence-corrected chi connectivity index (χ3v) is 12.2. The van der Waals surface area contributed by atoms with Crippen molar-refractivity contribution in [2.24, 2.45) is 0 Å². The van der Waals surface area contributed by atoms with Crippen LogP contribution in [0.15, 0.2) is 98.1 Å². The highest BCUT2D eigenvalue weighted by molar-refractivity contribution is 6.42. The number of ether oxygens (including phenoxy) is 4. The molecule has 0 aliphatic rings. The van der Waals surface area contributed by atoms with Gasteiger partial charge in [0.05, 0.1) is 48.5 Å². The summed E-state index contributed by atoms with van der Waals surface area (Å²) >= 11 is 26.2. The molecular weight excluding hydrogens is 922 g/mol. The molecule has 8 rings (SSSR count). The molecule has 0 saturated heterocycles. The topological polar surface area (TPSA) is 169 Å². The molecule has 4 aromatic heterocycles. The van der Waals surface area contributed by atoms with Crippen LogP contribution < -0.4 is 30.0 Å². The average Bonchev–Trinajstić information content (AvgIpc) is 3.31. The summed E-state index contributed by atoms with van der Waals surface area (Å²) in [7, 11) is 6.12. The number of hydrogen-bond donors (Lipinski definition) is 2. The number of anilines is 2. The fourth-order valence-electron chi connectivity index (χ4n) is 7.16. The maximum absolute atomic E-state index is 11.8. The van der Waals surface area contributed by atoms with E-state index in [-0.39, 0.29) is 5.91 Å². The number of nitrogen functional groups attached to an aromatic ring is 1. The fraction of sp³-hybridized carbons (Fsp3) is 0.163. The van der Waals surface area contributed by atoms with Gasteiger partial charge in [0, 0.05) is 94.2 Å². The van der Waals surface area contributed by atoms with Gasteiger partial charge in [0.15, 0.2) is 11.3 Å². The van der Waals surface area contributed by atoms with Crippen molar-refractivity contribution in [1.82, 2.24) is 29.9 Å². The van der Waals surface area contributed by atoms with Crippen molar-refractivity contribution in [2.75, 3.05) is 39.5 Å². The molecule has 8 aromatic rings. The number of methoxy groups -OCH3 is 4. The number of aryl methyl sites for hydroxylation is 2. The van der Waals surface area contributed by atoms with Crippen LogP contribution in [0, 0.1) is 13.8 Å². The third-order valence-electron chi connectivity index (χ3n) is 10.7. The highest BCUT2D eigenvalue weighted by Crippen LogP contribution is 2.47. The Morgan fingerprint density at radius 3 is 1.47 bits per heavy atom. The summed E-state index contributed by atoms with van der Waals surface area (Å²) in [6.45, 7) is 7.50. The first-order chi connectivity index (χ1) is 31.8. The molecule has 13 nitrogen and oxygen atoms in total. The summed E-state index contributed by atoms with van der Waals surface area (Å²) in [5, 5.41) is 5.77. The van der Waals surface area contributed by atoms with Gasteiger partial charge in [-0.2, -0.15) is 0 Å². The smallest absolute Gasteiger partial charge is 0.247 e. The molecule has 0 bridgehead atoms. The van der Waals surface area contributed by atoms with Crippen molar-refractivity contribution in [3.8, 4) is 45.3 Å². The van der Waals surface area contributed by atoms with E-state index in [1.807, 2.05) is 62.4 Å². The van der Waals surface area contributed by atoms with Crippen molar-refractivity contribution in [2.45, 2.75) is 26.7 Å². The number of amides is 1. The Kier molecular flexibility index (Phi) is 14.7. The predicted octanol–water partition coefficient (Wildman–Crippen LogP) is 11.5. The number of carbonyl (C=O) groups excluding carboxylic acids is 1. The Morgan fingerprint density at radius 1 is 0.621 bits per heavy atom. The van der Waals surface area contributed by atoms with Crippen molar-refractivity contribution in [3.63, 3.8) is 0 Å². The molecular formula is C49H42Cl4N8O5. The van der Waals surface area contributed by atoms with Gasteiger partial charge in [-0.25, -0.2) is 29.9 Å². The normalized spacial score (nSPS) is 10.9. The lowest BCUT2D eigenvalue weighted by molar-refractivity contribution is -0.111. The zero-order chi connectivity index (χ0) is 47.2. The van der Waals surface area contributed by atoms with Crippen LogP contribution in [0.25, 0.3) is 44.3 Å². The Morgan fingerprint density at radius 2 is 1.05 bits per heavy atom. The molecule has 0 saturated carbocycles. The second-order valence-electron chi connectivity index (χ2n) is 14.7. The summed E-state index contributed by atoms with van der Waals surface area (Å²) in [5.41, 5.74) is 15.2. The van der Waals surface area contributed by atoms with Crippen molar-refractivity contribution >= 4 is 85.8 Å². The molecule has 0 unspecified atom stereocenters. The van der Waals surface area contributed by atoms with E-state index in [1.165, 1.54) is 34.5 Å². The number of nitrogens with two attached hydrogens (primary N) is 1.